The number of benzene rings is 3. The molecular formula is C39H43N5O6. The number of ether oxygens (including phenoxy) is 2. The Morgan fingerprint density at radius 3 is 2.64 bits per heavy atom. The quantitative estimate of drug-likeness (QED) is 0.189. The van der Waals surface area contributed by atoms with Crippen LogP contribution in [0.25, 0.3) is 11.0 Å². The van der Waals surface area contributed by atoms with Gasteiger partial charge in [0, 0.05) is 57.2 Å². The lowest BCUT2D eigenvalue weighted by Gasteiger charge is -2.35. The van der Waals surface area contributed by atoms with E-state index in [-0.39, 0.29) is 29.8 Å². The van der Waals surface area contributed by atoms with Crippen molar-refractivity contribution < 1.29 is 23.5 Å². The number of unbranched alkanes of at least 4 members (excludes halogenated alkanes) is 2. The Morgan fingerprint density at radius 2 is 1.78 bits per heavy atom. The molecule has 0 saturated carbocycles. The van der Waals surface area contributed by atoms with Gasteiger partial charge >= 0.3 is 0 Å². The van der Waals surface area contributed by atoms with Crippen LogP contribution in [0.1, 0.15) is 58.4 Å². The Kier molecular flexibility index (Phi) is 10.1. The summed E-state index contributed by atoms with van der Waals surface area (Å²) in [5, 5.41) is 3.83. The first-order valence-corrected chi connectivity index (χ1v) is 17.5. The van der Waals surface area contributed by atoms with Gasteiger partial charge in [-0.15, -0.1) is 0 Å². The van der Waals surface area contributed by atoms with Crippen LogP contribution in [0.5, 0.6) is 11.5 Å². The minimum Gasteiger partial charge on any atom is -0.493 e. The molecule has 0 spiro atoms. The Bertz CT molecular complexity index is 1950. The van der Waals surface area contributed by atoms with E-state index in [1.54, 1.807) is 25.3 Å². The first-order valence-electron chi connectivity index (χ1n) is 17.5. The number of carbonyl (C=O) groups excluding carboxylic acids is 2. The third-order valence-corrected chi connectivity index (χ3v) is 9.87. The third kappa shape index (κ3) is 7.09. The van der Waals surface area contributed by atoms with Gasteiger partial charge in [0.15, 0.2) is 16.9 Å². The molecule has 2 fully saturated rings. The second-order valence-corrected chi connectivity index (χ2v) is 13.0. The van der Waals surface area contributed by atoms with Crippen LogP contribution >= 0.6 is 0 Å². The number of anilines is 1. The van der Waals surface area contributed by atoms with Gasteiger partial charge in [-0.25, -0.2) is 0 Å². The van der Waals surface area contributed by atoms with E-state index in [0.29, 0.717) is 70.2 Å². The van der Waals surface area contributed by atoms with Crippen molar-refractivity contribution >= 4 is 40.4 Å². The van der Waals surface area contributed by atoms with Gasteiger partial charge < -0.3 is 29.0 Å². The number of piperazine rings is 1. The summed E-state index contributed by atoms with van der Waals surface area (Å²) >= 11 is 0. The van der Waals surface area contributed by atoms with Crippen LogP contribution in [0.3, 0.4) is 0 Å². The second-order valence-electron chi connectivity index (χ2n) is 13.0. The molecule has 3 aromatic carbocycles. The SMILES string of the molecule is COc1cc2c(cc1OCCCCCN1CCN(C(=O)c3ccccc3NCc3coc4ccccc4c3=O)CC1)N=C[C@@H]1CCCN1C2=O. The second kappa shape index (κ2) is 15.2. The van der Waals surface area contributed by atoms with Gasteiger partial charge in [-0.1, -0.05) is 24.3 Å². The molecule has 1 aromatic heterocycles. The number of para-hydroxylation sites is 2. The number of hydrogen-bond acceptors (Lipinski definition) is 9. The van der Waals surface area contributed by atoms with E-state index in [1.165, 1.54) is 6.26 Å². The summed E-state index contributed by atoms with van der Waals surface area (Å²) in [6, 6.07) is 18.3. The van der Waals surface area contributed by atoms with Gasteiger partial charge in [-0.2, -0.15) is 0 Å². The van der Waals surface area contributed by atoms with Crippen molar-refractivity contribution in [3.05, 3.63) is 93.8 Å². The molecule has 2 saturated heterocycles. The van der Waals surface area contributed by atoms with Crippen LogP contribution in [0, 0.1) is 0 Å². The van der Waals surface area contributed by atoms with Crippen LogP contribution < -0.4 is 20.2 Å². The van der Waals surface area contributed by atoms with Crippen molar-refractivity contribution in [1.29, 1.82) is 0 Å². The van der Waals surface area contributed by atoms with Crippen molar-refractivity contribution in [3.8, 4) is 11.5 Å². The molecule has 4 aromatic rings. The molecule has 50 heavy (non-hydrogen) atoms. The molecule has 3 aliphatic heterocycles. The highest BCUT2D eigenvalue weighted by atomic mass is 16.5. The maximum atomic E-state index is 13.6. The topological polar surface area (TPSA) is 117 Å². The van der Waals surface area contributed by atoms with E-state index in [0.717, 1.165) is 58.3 Å². The normalized spacial score (nSPS) is 17.4. The lowest BCUT2D eigenvalue weighted by atomic mass is 10.1. The molecule has 260 valence electrons. The Morgan fingerprint density at radius 1 is 0.960 bits per heavy atom. The average molecular weight is 678 g/mol. The summed E-state index contributed by atoms with van der Waals surface area (Å²) in [5.41, 5.74) is 3.46. The summed E-state index contributed by atoms with van der Waals surface area (Å²) in [5.74, 6) is 1.14. The van der Waals surface area contributed by atoms with Gasteiger partial charge in [-0.05, 0) is 69.0 Å². The zero-order chi connectivity index (χ0) is 34.5. The number of rotatable bonds is 12. The fourth-order valence-corrected chi connectivity index (χ4v) is 7.02. The van der Waals surface area contributed by atoms with Crippen LogP contribution in [0.4, 0.5) is 11.4 Å². The van der Waals surface area contributed by atoms with Gasteiger partial charge in [0.1, 0.15) is 5.58 Å². The molecule has 3 aliphatic rings. The number of nitrogens with one attached hydrogen (secondary N) is 1. The Hall–Kier alpha value is -5.16. The third-order valence-electron chi connectivity index (χ3n) is 9.87. The number of carbonyl (C=O) groups is 2. The molecule has 0 aliphatic carbocycles. The van der Waals surface area contributed by atoms with Gasteiger partial charge in [-0.3, -0.25) is 24.3 Å². The zero-order valence-corrected chi connectivity index (χ0v) is 28.4. The number of hydrogen-bond donors (Lipinski definition) is 1. The predicted octanol–water partition coefficient (Wildman–Crippen LogP) is 5.74. The zero-order valence-electron chi connectivity index (χ0n) is 28.4. The summed E-state index contributed by atoms with van der Waals surface area (Å²) in [4.78, 5) is 50.5. The molecule has 7 rings (SSSR count). The van der Waals surface area contributed by atoms with Gasteiger partial charge in [0.2, 0.25) is 0 Å². The highest BCUT2D eigenvalue weighted by molar-refractivity contribution is 6.03. The average Bonchev–Trinajstić information content (AvgIpc) is 3.59. The maximum Gasteiger partial charge on any atom is 0.256 e. The van der Waals surface area contributed by atoms with Crippen LogP contribution in [0.15, 0.2) is 81.1 Å². The summed E-state index contributed by atoms with van der Waals surface area (Å²) in [6.45, 7) is 5.48. The van der Waals surface area contributed by atoms with Crippen molar-refractivity contribution in [2.24, 2.45) is 4.99 Å². The minimum absolute atomic E-state index is 0.00139. The van der Waals surface area contributed by atoms with Crippen LogP contribution in [-0.2, 0) is 6.54 Å². The number of nitrogens with zero attached hydrogens (tertiary/aromatic N) is 4. The summed E-state index contributed by atoms with van der Waals surface area (Å²) < 4.78 is 17.3. The number of fused-ring (bicyclic) bond motifs is 3. The predicted molar refractivity (Wildman–Crippen MR) is 193 cm³/mol. The fourth-order valence-electron chi connectivity index (χ4n) is 7.02. The van der Waals surface area contributed by atoms with Crippen LogP contribution in [0.2, 0.25) is 0 Å². The van der Waals surface area contributed by atoms with E-state index >= 15 is 0 Å². The molecule has 1 atom stereocenters. The molecule has 11 nitrogen and oxygen atoms in total. The van der Waals surface area contributed by atoms with E-state index in [1.807, 2.05) is 58.5 Å². The standard InChI is InChI=1S/C39H43N5O6/c1-48-35-22-31-33(41-25-28-10-9-16-44(28)39(31)47)23-36(35)49-21-8-2-7-15-42-17-19-43(20-18-42)38(46)29-11-3-5-13-32(29)40-24-27-26-50-34-14-6-4-12-30(34)37(27)45/h3-6,11-14,22-23,25-26,28,40H,2,7-10,15-21,24H2,1H3/t28-/m0/s1. The molecule has 0 bridgehead atoms. The highest BCUT2D eigenvalue weighted by Crippen LogP contribution is 2.38. The van der Waals surface area contributed by atoms with E-state index in [9.17, 15) is 14.4 Å². The van der Waals surface area contributed by atoms with E-state index < -0.39 is 0 Å². The first kappa shape index (κ1) is 33.3. The lowest BCUT2D eigenvalue weighted by Crippen LogP contribution is -2.48. The number of methoxy groups -OCH3 is 1. The molecule has 0 unspecified atom stereocenters. The molecule has 1 N–H and O–H groups in total. The van der Waals surface area contributed by atoms with Crippen LogP contribution in [-0.4, -0.2) is 91.8 Å². The molecule has 0 radical (unpaired) electrons. The monoisotopic (exact) mass is 677 g/mol. The Labute approximate surface area is 291 Å². The fraction of sp³-hybridized carbons (Fsp3) is 0.385. The molecule has 11 heteroatoms. The van der Waals surface area contributed by atoms with Crippen molar-refractivity contribution in [3.63, 3.8) is 0 Å². The molecule has 2 amide bonds. The highest BCUT2D eigenvalue weighted by Gasteiger charge is 2.32. The van der Waals surface area contributed by atoms with Gasteiger partial charge in [0.25, 0.3) is 11.8 Å². The first-order chi connectivity index (χ1) is 24.5. The smallest absolute Gasteiger partial charge is 0.256 e. The largest absolute Gasteiger partial charge is 0.493 e. The van der Waals surface area contributed by atoms with E-state index in [2.05, 4.69) is 15.2 Å². The molecular weight excluding hydrogens is 634 g/mol. The van der Waals surface area contributed by atoms with Crippen molar-refractivity contribution in [2.45, 2.75) is 44.7 Å². The Balaban J connectivity index is 0.852. The van der Waals surface area contributed by atoms with Gasteiger partial charge in [0.05, 0.1) is 53.8 Å². The van der Waals surface area contributed by atoms with Crippen molar-refractivity contribution in [1.82, 2.24) is 14.7 Å². The van der Waals surface area contributed by atoms with Crippen molar-refractivity contribution in [2.75, 3.05) is 58.3 Å². The number of aliphatic imine (C=N–C) groups is 1. The summed E-state index contributed by atoms with van der Waals surface area (Å²) in [6.07, 6.45) is 8.25. The number of amides is 2. The lowest BCUT2D eigenvalue weighted by molar-refractivity contribution is 0.0635. The maximum absolute atomic E-state index is 13.6. The minimum atomic E-state index is -0.0778. The molecule has 4 heterocycles. The summed E-state index contributed by atoms with van der Waals surface area (Å²) in [7, 11) is 1.59. The van der Waals surface area contributed by atoms with E-state index in [4.69, 9.17) is 13.9 Å².